The molecule has 0 aromatic carbocycles. The summed E-state index contributed by atoms with van der Waals surface area (Å²) < 4.78 is 27.7. The van der Waals surface area contributed by atoms with Gasteiger partial charge in [-0.3, -0.25) is 0 Å². The number of nitrogens with zero attached hydrogens (tertiary/aromatic N) is 1. The Kier molecular flexibility index (Phi) is 4.63. The normalized spacial score (nSPS) is 22.6. The Bertz CT molecular complexity index is 321. The van der Waals surface area contributed by atoms with Gasteiger partial charge < -0.3 is 9.64 Å². The lowest BCUT2D eigenvalue weighted by Gasteiger charge is -2.41. The minimum atomic E-state index is -3.50. The van der Waals surface area contributed by atoms with Gasteiger partial charge in [0.05, 0.1) is 11.4 Å². The lowest BCUT2D eigenvalue weighted by molar-refractivity contribution is -0.0447. The van der Waals surface area contributed by atoms with E-state index in [1.807, 2.05) is 0 Å². The highest BCUT2D eigenvalue weighted by molar-refractivity contribution is 8.13. The zero-order valence-corrected chi connectivity index (χ0v) is 11.6. The van der Waals surface area contributed by atoms with Crippen molar-refractivity contribution >= 4 is 19.7 Å². The molecule has 1 heterocycles. The molecule has 0 spiro atoms. The number of piperidine rings is 1. The van der Waals surface area contributed by atoms with Crippen molar-refractivity contribution in [3.63, 3.8) is 0 Å². The fourth-order valence-corrected chi connectivity index (χ4v) is 3.80. The zero-order valence-electron chi connectivity index (χ0n) is 10.1. The predicted molar refractivity (Wildman–Crippen MR) is 65.3 cm³/mol. The SMILES string of the molecule is COC1(CS(=O)(=O)Cl)CCN(C(C)C)CC1. The number of methoxy groups -OCH3 is 1. The van der Waals surface area contributed by atoms with Gasteiger partial charge in [0.15, 0.2) is 0 Å². The van der Waals surface area contributed by atoms with Crippen LogP contribution in [0.15, 0.2) is 0 Å². The molecule has 0 atom stereocenters. The smallest absolute Gasteiger partial charge is 0.235 e. The van der Waals surface area contributed by atoms with Crippen molar-refractivity contribution in [3.8, 4) is 0 Å². The molecule has 16 heavy (non-hydrogen) atoms. The van der Waals surface area contributed by atoms with Gasteiger partial charge in [0.1, 0.15) is 0 Å². The minimum Gasteiger partial charge on any atom is -0.377 e. The van der Waals surface area contributed by atoms with Gasteiger partial charge in [-0.25, -0.2) is 8.42 Å². The lowest BCUT2D eigenvalue weighted by Crippen LogP contribution is -2.50. The molecule has 6 heteroatoms. The summed E-state index contributed by atoms with van der Waals surface area (Å²) in [7, 11) is 3.37. The Morgan fingerprint density at radius 3 is 2.19 bits per heavy atom. The summed E-state index contributed by atoms with van der Waals surface area (Å²) in [6, 6.07) is 0.488. The third kappa shape index (κ3) is 3.87. The van der Waals surface area contributed by atoms with Gasteiger partial charge in [-0.1, -0.05) is 0 Å². The summed E-state index contributed by atoms with van der Waals surface area (Å²) in [4.78, 5) is 2.32. The van der Waals surface area contributed by atoms with Crippen molar-refractivity contribution in [3.05, 3.63) is 0 Å². The summed E-state index contributed by atoms with van der Waals surface area (Å²) in [5.41, 5.74) is -0.591. The van der Waals surface area contributed by atoms with Crippen LogP contribution in [0, 0.1) is 0 Å². The number of likely N-dealkylation sites (tertiary alicyclic amines) is 1. The summed E-state index contributed by atoms with van der Waals surface area (Å²) >= 11 is 0. The average molecular weight is 270 g/mol. The van der Waals surface area contributed by atoms with E-state index in [-0.39, 0.29) is 5.75 Å². The molecule has 0 amide bonds. The second-order valence-electron chi connectivity index (χ2n) is 4.70. The number of hydrogen-bond donors (Lipinski definition) is 0. The summed E-state index contributed by atoms with van der Waals surface area (Å²) in [6.45, 7) is 5.99. The topological polar surface area (TPSA) is 46.6 Å². The molecule has 0 radical (unpaired) electrons. The Morgan fingerprint density at radius 1 is 1.38 bits per heavy atom. The van der Waals surface area contributed by atoms with E-state index in [4.69, 9.17) is 15.4 Å². The van der Waals surface area contributed by atoms with Crippen molar-refractivity contribution in [2.75, 3.05) is 26.0 Å². The monoisotopic (exact) mass is 269 g/mol. The van der Waals surface area contributed by atoms with Crippen LogP contribution in [0.4, 0.5) is 0 Å². The second kappa shape index (κ2) is 5.21. The molecule has 1 saturated heterocycles. The van der Waals surface area contributed by atoms with Gasteiger partial charge in [0.2, 0.25) is 9.05 Å². The van der Waals surface area contributed by atoms with Crippen molar-refractivity contribution in [1.29, 1.82) is 0 Å². The van der Waals surface area contributed by atoms with E-state index >= 15 is 0 Å². The van der Waals surface area contributed by atoms with Gasteiger partial charge >= 0.3 is 0 Å². The van der Waals surface area contributed by atoms with Crippen LogP contribution in [0.1, 0.15) is 26.7 Å². The van der Waals surface area contributed by atoms with E-state index in [1.54, 1.807) is 7.11 Å². The van der Waals surface area contributed by atoms with Crippen molar-refractivity contribution < 1.29 is 13.2 Å². The molecule has 1 fully saturated rings. The van der Waals surface area contributed by atoms with Crippen LogP contribution in [0.5, 0.6) is 0 Å². The Morgan fingerprint density at radius 2 is 1.88 bits per heavy atom. The van der Waals surface area contributed by atoms with Crippen molar-refractivity contribution in [1.82, 2.24) is 4.90 Å². The van der Waals surface area contributed by atoms with Crippen LogP contribution >= 0.6 is 10.7 Å². The highest BCUT2D eigenvalue weighted by Gasteiger charge is 2.38. The molecule has 4 nitrogen and oxygen atoms in total. The van der Waals surface area contributed by atoms with Crippen LogP contribution in [0.25, 0.3) is 0 Å². The Balaban J connectivity index is 2.65. The predicted octanol–water partition coefficient (Wildman–Crippen LogP) is 1.44. The molecule has 0 bridgehead atoms. The first-order valence-electron chi connectivity index (χ1n) is 5.49. The highest BCUT2D eigenvalue weighted by Crippen LogP contribution is 2.29. The van der Waals surface area contributed by atoms with Crippen LogP contribution in [-0.4, -0.2) is 50.9 Å². The van der Waals surface area contributed by atoms with E-state index < -0.39 is 14.7 Å². The third-order valence-corrected chi connectivity index (χ3v) is 4.51. The van der Waals surface area contributed by atoms with Gasteiger partial charge in [-0.2, -0.15) is 0 Å². The molecule has 1 rings (SSSR count). The van der Waals surface area contributed by atoms with Gasteiger partial charge in [-0.05, 0) is 26.7 Å². The van der Waals surface area contributed by atoms with Gasteiger partial charge in [-0.15, -0.1) is 0 Å². The lowest BCUT2D eigenvalue weighted by atomic mass is 9.92. The molecule has 0 aromatic heterocycles. The molecule has 0 aliphatic carbocycles. The van der Waals surface area contributed by atoms with E-state index in [0.717, 1.165) is 13.1 Å². The zero-order chi connectivity index (χ0) is 12.4. The summed E-state index contributed by atoms with van der Waals surface area (Å²) in [6.07, 6.45) is 1.43. The van der Waals surface area contributed by atoms with E-state index in [1.165, 1.54) is 0 Å². The minimum absolute atomic E-state index is 0.0933. The summed E-state index contributed by atoms with van der Waals surface area (Å²) in [5.74, 6) is -0.0933. The van der Waals surface area contributed by atoms with E-state index in [0.29, 0.717) is 18.9 Å². The van der Waals surface area contributed by atoms with Crippen molar-refractivity contribution in [2.45, 2.75) is 38.3 Å². The van der Waals surface area contributed by atoms with Crippen LogP contribution in [-0.2, 0) is 13.8 Å². The first kappa shape index (κ1) is 14.2. The molecular weight excluding hydrogens is 250 g/mol. The van der Waals surface area contributed by atoms with Crippen LogP contribution in [0.3, 0.4) is 0 Å². The molecule has 1 aliphatic rings. The highest BCUT2D eigenvalue weighted by atomic mass is 35.7. The molecule has 1 aliphatic heterocycles. The maximum absolute atomic E-state index is 11.2. The number of rotatable bonds is 4. The molecule has 96 valence electrons. The largest absolute Gasteiger partial charge is 0.377 e. The molecule has 0 aromatic rings. The van der Waals surface area contributed by atoms with E-state index in [2.05, 4.69) is 18.7 Å². The number of ether oxygens (including phenoxy) is 1. The summed E-state index contributed by atoms with van der Waals surface area (Å²) in [5, 5.41) is 0. The van der Waals surface area contributed by atoms with Crippen LogP contribution in [0.2, 0.25) is 0 Å². The van der Waals surface area contributed by atoms with Crippen LogP contribution < -0.4 is 0 Å². The molecular formula is C10H20ClNO3S. The molecule has 0 N–H and O–H groups in total. The first-order chi connectivity index (χ1) is 7.28. The number of hydrogen-bond acceptors (Lipinski definition) is 4. The standard InChI is InChI=1S/C10H20ClNO3S/c1-9(2)12-6-4-10(15-3,5-7-12)8-16(11,13)14/h9H,4-8H2,1-3H3. The fraction of sp³-hybridized carbons (Fsp3) is 1.00. The maximum Gasteiger partial charge on any atom is 0.235 e. The van der Waals surface area contributed by atoms with E-state index in [9.17, 15) is 8.42 Å². The quantitative estimate of drug-likeness (QED) is 0.725. The molecule has 0 saturated carbocycles. The van der Waals surface area contributed by atoms with Gasteiger partial charge in [0.25, 0.3) is 0 Å². The van der Waals surface area contributed by atoms with Gasteiger partial charge in [0, 0.05) is 36.9 Å². The first-order valence-corrected chi connectivity index (χ1v) is 7.97. The Hall–Kier alpha value is 0.160. The van der Waals surface area contributed by atoms with Crippen molar-refractivity contribution in [2.24, 2.45) is 0 Å². The third-order valence-electron chi connectivity index (χ3n) is 3.31. The average Bonchev–Trinajstić information content (AvgIpc) is 2.16. The second-order valence-corrected chi connectivity index (χ2v) is 7.48. The molecule has 0 unspecified atom stereocenters. The Labute approximate surface area is 102 Å². The maximum atomic E-state index is 11.2. The number of halogens is 1. The fourth-order valence-electron chi connectivity index (χ4n) is 2.17.